The van der Waals surface area contributed by atoms with Gasteiger partial charge in [0.1, 0.15) is 11.8 Å². The van der Waals surface area contributed by atoms with Crippen molar-refractivity contribution in [3.8, 4) is 0 Å². The van der Waals surface area contributed by atoms with Crippen molar-refractivity contribution in [2.24, 2.45) is 0 Å². The van der Waals surface area contributed by atoms with Gasteiger partial charge in [-0.1, -0.05) is 0 Å². The Balaban J connectivity index is 2.06. The number of piperidine rings is 1. The quantitative estimate of drug-likeness (QED) is 0.601. The highest BCUT2D eigenvalue weighted by Crippen LogP contribution is 2.30. The van der Waals surface area contributed by atoms with E-state index in [9.17, 15) is 22.8 Å². The maximum absolute atomic E-state index is 12.0. The number of nitrogens with zero attached hydrogens (tertiary/aromatic N) is 2. The molecule has 2 bridgehead atoms. The summed E-state index contributed by atoms with van der Waals surface area (Å²) in [6, 6.07) is -2.14. The van der Waals surface area contributed by atoms with Crippen LogP contribution < -0.4 is 5.32 Å². The van der Waals surface area contributed by atoms with E-state index in [1.54, 1.807) is 0 Å². The molecule has 2 aliphatic rings. The SMILES string of the molecule is CC(=O)CNC(=O)C1CCC2CN1C(=O)N2OS(=O)(=O)O. The summed E-state index contributed by atoms with van der Waals surface area (Å²) in [5.41, 5.74) is 0. The lowest BCUT2D eigenvalue weighted by atomic mass is 10.0. The lowest BCUT2D eigenvalue weighted by molar-refractivity contribution is -0.128. The van der Waals surface area contributed by atoms with E-state index in [1.165, 1.54) is 6.92 Å². The van der Waals surface area contributed by atoms with Gasteiger partial charge in [-0.05, 0) is 19.8 Å². The third-order valence-electron chi connectivity index (χ3n) is 3.31. The molecule has 2 unspecified atom stereocenters. The number of urea groups is 1. The number of carbonyl (C=O) groups excluding carboxylic acids is 3. The molecular weight excluding hydrogens is 306 g/mol. The molecule has 3 amide bonds. The molecule has 2 heterocycles. The lowest BCUT2D eigenvalue weighted by Crippen LogP contribution is -2.50. The molecule has 0 aromatic carbocycles. The van der Waals surface area contributed by atoms with Crippen LogP contribution in [0, 0.1) is 0 Å². The van der Waals surface area contributed by atoms with Crippen LogP contribution in [0.1, 0.15) is 19.8 Å². The number of rotatable bonds is 5. The van der Waals surface area contributed by atoms with E-state index < -0.39 is 34.4 Å². The van der Waals surface area contributed by atoms with Gasteiger partial charge in [0.05, 0.1) is 12.6 Å². The van der Waals surface area contributed by atoms with Crippen LogP contribution in [0.4, 0.5) is 4.79 Å². The van der Waals surface area contributed by atoms with Crippen molar-refractivity contribution >= 4 is 28.1 Å². The number of Topliss-reactive ketones (excluding diaryl/α,β-unsaturated/α-hetero) is 1. The average Bonchev–Trinajstić information content (AvgIpc) is 2.60. The Morgan fingerprint density at radius 3 is 2.67 bits per heavy atom. The van der Waals surface area contributed by atoms with Gasteiger partial charge in [0.2, 0.25) is 5.91 Å². The molecule has 2 fully saturated rings. The van der Waals surface area contributed by atoms with Gasteiger partial charge < -0.3 is 10.2 Å². The van der Waals surface area contributed by atoms with E-state index >= 15 is 0 Å². The third-order valence-corrected chi connectivity index (χ3v) is 3.66. The highest BCUT2D eigenvalue weighted by atomic mass is 32.3. The van der Waals surface area contributed by atoms with Gasteiger partial charge >= 0.3 is 16.4 Å². The summed E-state index contributed by atoms with van der Waals surface area (Å²) in [4.78, 5) is 36.0. The molecule has 2 aliphatic heterocycles. The third kappa shape index (κ3) is 3.49. The Kier molecular flexibility index (Phi) is 4.16. The molecule has 0 aliphatic carbocycles. The van der Waals surface area contributed by atoms with Crippen molar-refractivity contribution in [1.29, 1.82) is 0 Å². The van der Waals surface area contributed by atoms with Crippen LogP contribution in [0.15, 0.2) is 0 Å². The van der Waals surface area contributed by atoms with Crippen LogP contribution in [-0.4, -0.2) is 65.8 Å². The minimum absolute atomic E-state index is 0.118. The van der Waals surface area contributed by atoms with E-state index in [-0.39, 0.29) is 18.9 Å². The molecule has 2 N–H and O–H groups in total. The van der Waals surface area contributed by atoms with Crippen LogP contribution in [0.5, 0.6) is 0 Å². The summed E-state index contributed by atoms with van der Waals surface area (Å²) in [6.45, 7) is 1.30. The zero-order valence-corrected chi connectivity index (χ0v) is 12.0. The van der Waals surface area contributed by atoms with E-state index in [4.69, 9.17) is 4.55 Å². The van der Waals surface area contributed by atoms with Gasteiger partial charge in [-0.3, -0.25) is 14.1 Å². The molecule has 0 aromatic heterocycles. The van der Waals surface area contributed by atoms with Gasteiger partial charge in [0.25, 0.3) is 0 Å². The molecule has 10 nitrogen and oxygen atoms in total. The summed E-state index contributed by atoms with van der Waals surface area (Å²) in [7, 11) is -4.81. The number of fused-ring (bicyclic) bond motifs is 2. The number of carbonyl (C=O) groups is 3. The van der Waals surface area contributed by atoms with E-state index in [1.807, 2.05) is 0 Å². The molecule has 11 heteroatoms. The Morgan fingerprint density at radius 2 is 2.10 bits per heavy atom. The predicted octanol–water partition coefficient (Wildman–Crippen LogP) is -1.31. The average molecular weight is 321 g/mol. The summed E-state index contributed by atoms with van der Waals surface area (Å²) >= 11 is 0. The monoisotopic (exact) mass is 321 g/mol. The standard InChI is InChI=1S/C10H15N3O7S/c1-6(14)4-11-9(15)8-3-2-7-5-12(8)10(16)13(7)20-21(17,18)19/h7-8H,2-5H2,1H3,(H,11,15)(H,17,18,19). The molecule has 0 saturated carbocycles. The van der Waals surface area contributed by atoms with Crippen molar-refractivity contribution in [3.05, 3.63) is 0 Å². The number of amides is 3. The fraction of sp³-hybridized carbons (Fsp3) is 0.700. The zero-order valence-electron chi connectivity index (χ0n) is 11.2. The van der Waals surface area contributed by atoms with E-state index in [0.717, 1.165) is 4.90 Å². The first-order valence-electron chi connectivity index (χ1n) is 6.23. The second-order valence-electron chi connectivity index (χ2n) is 4.93. The number of hydroxylamine groups is 2. The fourth-order valence-electron chi connectivity index (χ4n) is 2.43. The highest BCUT2D eigenvalue weighted by molar-refractivity contribution is 7.80. The minimum atomic E-state index is -4.81. The number of hydrogen-bond acceptors (Lipinski definition) is 6. The normalized spacial score (nSPS) is 25.1. The van der Waals surface area contributed by atoms with Crippen LogP contribution in [0.25, 0.3) is 0 Å². The summed E-state index contributed by atoms with van der Waals surface area (Å²) in [6.07, 6.45) is 0.654. The topological polar surface area (TPSA) is 133 Å². The van der Waals surface area contributed by atoms with E-state index in [2.05, 4.69) is 9.60 Å². The Bertz CT molecular complexity index is 575. The molecule has 2 atom stereocenters. The van der Waals surface area contributed by atoms with Crippen molar-refractivity contribution in [1.82, 2.24) is 15.3 Å². The first-order valence-corrected chi connectivity index (χ1v) is 7.59. The van der Waals surface area contributed by atoms with Crippen molar-refractivity contribution in [3.63, 3.8) is 0 Å². The maximum Gasteiger partial charge on any atom is 0.418 e. The van der Waals surface area contributed by atoms with Gasteiger partial charge in [0, 0.05) is 6.54 Å². The summed E-state index contributed by atoms with van der Waals surface area (Å²) < 4.78 is 34.3. The van der Waals surface area contributed by atoms with Crippen LogP contribution in [-0.2, 0) is 24.3 Å². The number of hydrogen-bond donors (Lipinski definition) is 2. The molecule has 21 heavy (non-hydrogen) atoms. The Hall–Kier alpha value is -1.72. The predicted molar refractivity (Wildman–Crippen MR) is 67.1 cm³/mol. The van der Waals surface area contributed by atoms with E-state index in [0.29, 0.717) is 17.9 Å². The van der Waals surface area contributed by atoms with Gasteiger partial charge in [-0.25, -0.2) is 4.79 Å². The van der Waals surface area contributed by atoms with Crippen molar-refractivity contribution in [2.75, 3.05) is 13.1 Å². The molecular formula is C10H15N3O7S. The smallest absolute Gasteiger partial charge is 0.347 e. The molecule has 0 spiro atoms. The second kappa shape index (κ2) is 5.58. The summed E-state index contributed by atoms with van der Waals surface area (Å²) in [5, 5.41) is 2.97. The van der Waals surface area contributed by atoms with Crippen molar-refractivity contribution < 1.29 is 31.6 Å². The number of nitrogens with one attached hydrogen (secondary N) is 1. The zero-order chi connectivity index (χ0) is 15.8. The van der Waals surface area contributed by atoms with Gasteiger partial charge in [-0.2, -0.15) is 13.5 Å². The highest BCUT2D eigenvalue weighted by Gasteiger charge is 2.49. The minimum Gasteiger partial charge on any atom is -0.347 e. The van der Waals surface area contributed by atoms with Gasteiger partial charge in [-0.15, -0.1) is 4.28 Å². The van der Waals surface area contributed by atoms with Crippen LogP contribution in [0.3, 0.4) is 0 Å². The molecule has 0 aromatic rings. The molecule has 118 valence electrons. The lowest BCUT2D eigenvalue weighted by Gasteiger charge is -2.29. The molecule has 2 rings (SSSR count). The molecule has 0 radical (unpaired) electrons. The number of ketones is 1. The first-order chi connectivity index (χ1) is 9.69. The Labute approximate surface area is 120 Å². The Morgan fingerprint density at radius 1 is 1.43 bits per heavy atom. The van der Waals surface area contributed by atoms with Crippen molar-refractivity contribution in [2.45, 2.75) is 31.8 Å². The van der Waals surface area contributed by atoms with Gasteiger partial charge in [0.15, 0.2) is 0 Å². The summed E-state index contributed by atoms with van der Waals surface area (Å²) in [5.74, 6) is -0.702. The van der Waals surface area contributed by atoms with Crippen LogP contribution in [0.2, 0.25) is 0 Å². The first kappa shape index (κ1) is 15.7. The second-order valence-corrected chi connectivity index (χ2v) is 5.93. The van der Waals surface area contributed by atoms with Crippen LogP contribution >= 0.6 is 0 Å². The largest absolute Gasteiger partial charge is 0.418 e. The fourth-order valence-corrected chi connectivity index (χ4v) is 2.82. The maximum atomic E-state index is 12.0. The molecule has 2 saturated heterocycles.